The van der Waals surface area contributed by atoms with Gasteiger partial charge in [0.05, 0.1) is 0 Å². The molecule has 0 radical (unpaired) electrons. The highest BCUT2D eigenvalue weighted by Crippen LogP contribution is 2.44. The SMILES string of the molecule is O=C(O)Cn1ccc2ccc(N3CCN(C(=O)OCC4c5ccccc5-c5ccccc54)CC3)cc2c1=O. The fourth-order valence-corrected chi connectivity index (χ4v) is 5.57. The molecule has 8 nitrogen and oxygen atoms in total. The number of pyridine rings is 1. The number of fused-ring (bicyclic) bond motifs is 4. The molecule has 6 rings (SSSR count). The van der Waals surface area contributed by atoms with Crippen LogP contribution in [0.15, 0.2) is 83.8 Å². The summed E-state index contributed by atoms with van der Waals surface area (Å²) in [6.07, 6.45) is 1.19. The molecular formula is C30H27N3O5. The second kappa shape index (κ2) is 9.70. The van der Waals surface area contributed by atoms with Gasteiger partial charge in [-0.05, 0) is 45.8 Å². The smallest absolute Gasteiger partial charge is 0.409 e. The topological polar surface area (TPSA) is 92.1 Å². The van der Waals surface area contributed by atoms with Crippen molar-refractivity contribution >= 4 is 28.5 Å². The molecule has 1 aliphatic heterocycles. The van der Waals surface area contributed by atoms with Gasteiger partial charge >= 0.3 is 12.1 Å². The summed E-state index contributed by atoms with van der Waals surface area (Å²) in [6.45, 7) is 2.13. The van der Waals surface area contributed by atoms with E-state index in [0.717, 1.165) is 11.1 Å². The molecule has 1 aromatic heterocycles. The molecule has 1 fully saturated rings. The average molecular weight is 510 g/mol. The zero-order valence-corrected chi connectivity index (χ0v) is 20.7. The van der Waals surface area contributed by atoms with Crippen LogP contribution in [0.3, 0.4) is 0 Å². The largest absolute Gasteiger partial charge is 0.480 e. The summed E-state index contributed by atoms with van der Waals surface area (Å²) in [6, 6.07) is 23.9. The maximum Gasteiger partial charge on any atom is 0.409 e. The van der Waals surface area contributed by atoms with E-state index in [1.54, 1.807) is 17.0 Å². The summed E-state index contributed by atoms with van der Waals surface area (Å²) >= 11 is 0. The molecule has 1 amide bonds. The lowest BCUT2D eigenvalue weighted by Gasteiger charge is -2.35. The Morgan fingerprint density at radius 2 is 1.53 bits per heavy atom. The van der Waals surface area contributed by atoms with Crippen LogP contribution in [0, 0.1) is 0 Å². The number of rotatable bonds is 5. The number of hydrogen-bond acceptors (Lipinski definition) is 5. The Hall–Kier alpha value is -4.59. The highest BCUT2D eigenvalue weighted by atomic mass is 16.6. The third-order valence-corrected chi connectivity index (χ3v) is 7.51. The summed E-state index contributed by atoms with van der Waals surface area (Å²) in [7, 11) is 0. The Kier molecular flexibility index (Phi) is 6.07. The second-order valence-electron chi connectivity index (χ2n) is 9.69. The van der Waals surface area contributed by atoms with E-state index in [2.05, 4.69) is 29.2 Å². The molecule has 3 aromatic carbocycles. The molecule has 8 heteroatoms. The zero-order chi connectivity index (χ0) is 26.2. The van der Waals surface area contributed by atoms with Crippen molar-refractivity contribution in [2.75, 3.05) is 37.7 Å². The fraction of sp³-hybridized carbons (Fsp3) is 0.233. The van der Waals surface area contributed by atoms with Gasteiger partial charge in [-0.1, -0.05) is 54.6 Å². The van der Waals surface area contributed by atoms with Gasteiger partial charge in [0, 0.05) is 49.4 Å². The Morgan fingerprint density at radius 3 is 2.18 bits per heavy atom. The van der Waals surface area contributed by atoms with E-state index in [4.69, 9.17) is 9.84 Å². The molecule has 1 saturated heterocycles. The molecule has 2 aliphatic rings. The summed E-state index contributed by atoms with van der Waals surface area (Å²) in [5.74, 6) is -1.04. The minimum absolute atomic E-state index is 0.0235. The number of anilines is 1. The molecule has 4 aromatic rings. The number of aliphatic carboxylic acids is 1. The molecular weight excluding hydrogens is 482 g/mol. The lowest BCUT2D eigenvalue weighted by Crippen LogP contribution is -2.49. The van der Waals surface area contributed by atoms with Crippen LogP contribution in [0.4, 0.5) is 10.5 Å². The van der Waals surface area contributed by atoms with Crippen molar-refractivity contribution < 1.29 is 19.4 Å². The van der Waals surface area contributed by atoms with Crippen LogP contribution in [0.2, 0.25) is 0 Å². The summed E-state index contributed by atoms with van der Waals surface area (Å²) in [5, 5.41) is 10.3. The summed E-state index contributed by atoms with van der Waals surface area (Å²) in [4.78, 5) is 40.7. The van der Waals surface area contributed by atoms with Gasteiger partial charge in [-0.15, -0.1) is 0 Å². The van der Waals surface area contributed by atoms with E-state index in [0.29, 0.717) is 38.2 Å². The van der Waals surface area contributed by atoms with Crippen LogP contribution in [0.5, 0.6) is 0 Å². The van der Waals surface area contributed by atoms with E-state index in [1.165, 1.54) is 33.0 Å². The molecule has 192 valence electrons. The molecule has 0 saturated carbocycles. The number of benzene rings is 3. The van der Waals surface area contributed by atoms with Crippen molar-refractivity contribution in [3.8, 4) is 11.1 Å². The first kappa shape index (κ1) is 23.8. The number of carboxylic acid groups (broad SMARTS) is 1. The van der Waals surface area contributed by atoms with Crippen LogP contribution in [0.25, 0.3) is 21.9 Å². The number of piperazine rings is 1. The second-order valence-corrected chi connectivity index (χ2v) is 9.69. The normalized spacial score (nSPS) is 14.8. The van der Waals surface area contributed by atoms with E-state index in [-0.39, 0.29) is 24.1 Å². The predicted octanol–water partition coefficient (Wildman–Crippen LogP) is 4.16. The first-order valence-electron chi connectivity index (χ1n) is 12.7. The van der Waals surface area contributed by atoms with Gasteiger partial charge in [-0.2, -0.15) is 0 Å². The molecule has 38 heavy (non-hydrogen) atoms. The van der Waals surface area contributed by atoms with Gasteiger partial charge in [0.2, 0.25) is 0 Å². The number of amides is 1. The molecule has 0 spiro atoms. The molecule has 0 bridgehead atoms. The van der Waals surface area contributed by atoms with Crippen molar-refractivity contribution in [1.82, 2.24) is 9.47 Å². The van der Waals surface area contributed by atoms with Crippen LogP contribution >= 0.6 is 0 Å². The van der Waals surface area contributed by atoms with Crippen LogP contribution < -0.4 is 10.5 Å². The molecule has 0 atom stereocenters. The highest BCUT2D eigenvalue weighted by molar-refractivity contribution is 5.85. The van der Waals surface area contributed by atoms with E-state index >= 15 is 0 Å². The highest BCUT2D eigenvalue weighted by Gasteiger charge is 2.30. The van der Waals surface area contributed by atoms with Gasteiger partial charge in [-0.25, -0.2) is 4.79 Å². The fourth-order valence-electron chi connectivity index (χ4n) is 5.57. The number of ether oxygens (including phenoxy) is 1. The number of carbonyl (C=O) groups excluding carboxylic acids is 1. The third-order valence-electron chi connectivity index (χ3n) is 7.51. The van der Waals surface area contributed by atoms with Crippen LogP contribution in [0.1, 0.15) is 17.0 Å². The number of carbonyl (C=O) groups is 2. The first-order chi connectivity index (χ1) is 18.5. The summed E-state index contributed by atoms with van der Waals surface area (Å²) in [5.41, 5.74) is 5.31. The lowest BCUT2D eigenvalue weighted by atomic mass is 9.98. The number of nitrogens with zero attached hydrogens (tertiary/aromatic N) is 3. The van der Waals surface area contributed by atoms with E-state index in [1.807, 2.05) is 36.4 Å². The molecule has 2 heterocycles. The first-order valence-corrected chi connectivity index (χ1v) is 12.7. The van der Waals surface area contributed by atoms with Gasteiger partial charge < -0.3 is 24.2 Å². The molecule has 1 aliphatic carbocycles. The van der Waals surface area contributed by atoms with E-state index < -0.39 is 5.97 Å². The Bertz CT molecular complexity index is 1560. The quantitative estimate of drug-likeness (QED) is 0.435. The number of hydrogen-bond donors (Lipinski definition) is 1. The Labute approximate surface area is 219 Å². The minimum atomic E-state index is -1.06. The van der Waals surface area contributed by atoms with Crippen LogP contribution in [-0.4, -0.2) is 59.4 Å². The predicted molar refractivity (Wildman–Crippen MR) is 145 cm³/mol. The van der Waals surface area contributed by atoms with Gasteiger partial charge in [0.25, 0.3) is 5.56 Å². The zero-order valence-electron chi connectivity index (χ0n) is 20.7. The van der Waals surface area contributed by atoms with Crippen molar-refractivity contribution in [3.63, 3.8) is 0 Å². The van der Waals surface area contributed by atoms with Gasteiger partial charge in [0.1, 0.15) is 13.2 Å². The van der Waals surface area contributed by atoms with Crippen molar-refractivity contribution in [1.29, 1.82) is 0 Å². The lowest BCUT2D eigenvalue weighted by molar-refractivity contribution is -0.137. The minimum Gasteiger partial charge on any atom is -0.480 e. The van der Waals surface area contributed by atoms with Gasteiger partial charge in [0.15, 0.2) is 0 Å². The van der Waals surface area contributed by atoms with Crippen LogP contribution in [-0.2, 0) is 16.1 Å². The van der Waals surface area contributed by atoms with Gasteiger partial charge in [-0.3, -0.25) is 9.59 Å². The number of aromatic nitrogens is 1. The van der Waals surface area contributed by atoms with Crippen molar-refractivity contribution in [3.05, 3.63) is 100 Å². The maximum atomic E-state index is 13.0. The molecule has 0 unspecified atom stereocenters. The Morgan fingerprint density at radius 1 is 0.868 bits per heavy atom. The van der Waals surface area contributed by atoms with Crippen molar-refractivity contribution in [2.24, 2.45) is 0 Å². The standard InChI is InChI=1S/C30H27N3O5/c34-28(35)18-33-12-11-20-9-10-21(17-26(20)29(33)36)31-13-15-32(16-14-31)30(37)38-19-27-24-7-3-1-5-22(24)23-6-2-4-8-25(23)27/h1-12,17,27H,13-16,18-19H2,(H,34,35). The summed E-state index contributed by atoms with van der Waals surface area (Å²) < 4.78 is 7.01. The van der Waals surface area contributed by atoms with E-state index in [9.17, 15) is 14.4 Å². The third kappa shape index (κ3) is 4.28. The Balaban J connectivity index is 1.11. The van der Waals surface area contributed by atoms with Crippen molar-refractivity contribution in [2.45, 2.75) is 12.5 Å². The maximum absolute atomic E-state index is 13.0. The monoisotopic (exact) mass is 509 g/mol. The average Bonchev–Trinajstić information content (AvgIpc) is 3.27. The molecule has 1 N–H and O–H groups in total. The number of carboxylic acids is 1.